The van der Waals surface area contributed by atoms with Crippen LogP contribution in [-0.4, -0.2) is 0 Å². The lowest BCUT2D eigenvalue weighted by atomic mass is 10.0. The number of halogens is 1. The summed E-state index contributed by atoms with van der Waals surface area (Å²) in [6, 6.07) is 16.8. The Hall–Kier alpha value is -0.830. The molecule has 2 rings (SSSR count). The van der Waals surface area contributed by atoms with Crippen molar-refractivity contribution in [3.05, 3.63) is 64.6 Å². The first kappa shape index (κ1) is 9.71. The topological polar surface area (TPSA) is 0 Å². The highest BCUT2D eigenvalue weighted by Crippen LogP contribution is 2.21. The van der Waals surface area contributed by atoms with Gasteiger partial charge in [-0.05, 0) is 58.3 Å². The summed E-state index contributed by atoms with van der Waals surface area (Å²) < 4.78 is 1.26. The van der Waals surface area contributed by atoms with Crippen LogP contribution in [0.25, 0.3) is 11.1 Å². The second-order valence-corrected chi connectivity index (χ2v) is 4.45. The summed E-state index contributed by atoms with van der Waals surface area (Å²) in [6.07, 6.45) is 0. The van der Waals surface area contributed by atoms with E-state index in [1.165, 1.54) is 14.7 Å². The van der Waals surface area contributed by atoms with Crippen LogP contribution in [0.15, 0.2) is 48.5 Å². The normalized spacial score (nSPS) is 10.1. The molecule has 0 N–H and O–H groups in total. The molecule has 0 saturated heterocycles. The molecule has 0 aliphatic heterocycles. The third kappa shape index (κ3) is 2.15. The fourth-order valence-corrected chi connectivity index (χ4v) is 1.75. The first-order valence-corrected chi connectivity index (χ1v) is 5.51. The summed E-state index contributed by atoms with van der Waals surface area (Å²) in [7, 11) is 0. The maximum Gasteiger partial charge on any atom is 0.0130 e. The monoisotopic (exact) mass is 293 g/mol. The smallest absolute Gasteiger partial charge is 0.0130 e. The Balaban J connectivity index is 2.44. The van der Waals surface area contributed by atoms with E-state index in [2.05, 4.69) is 65.9 Å². The van der Waals surface area contributed by atoms with Gasteiger partial charge in [0.15, 0.2) is 0 Å². The summed E-state index contributed by atoms with van der Waals surface area (Å²) in [5.74, 6) is 0. The fraction of sp³-hybridized carbons (Fsp3) is 0. The highest BCUT2D eigenvalue weighted by molar-refractivity contribution is 14.1. The molecule has 0 saturated carbocycles. The zero-order valence-corrected chi connectivity index (χ0v) is 9.86. The Morgan fingerprint density at radius 3 is 2.21 bits per heavy atom. The van der Waals surface area contributed by atoms with Crippen molar-refractivity contribution in [1.82, 2.24) is 0 Å². The van der Waals surface area contributed by atoms with E-state index in [9.17, 15) is 0 Å². The van der Waals surface area contributed by atoms with Gasteiger partial charge in [-0.3, -0.25) is 0 Å². The third-order valence-electron chi connectivity index (χ3n) is 2.10. The zero-order valence-electron chi connectivity index (χ0n) is 7.70. The summed E-state index contributed by atoms with van der Waals surface area (Å²) in [4.78, 5) is 0. The van der Waals surface area contributed by atoms with E-state index < -0.39 is 0 Å². The third-order valence-corrected chi connectivity index (χ3v) is 2.82. The Bertz CT molecular complexity index is 429. The highest BCUT2D eigenvalue weighted by Gasteiger charge is 1.96. The van der Waals surface area contributed by atoms with Crippen molar-refractivity contribution in [1.29, 1.82) is 0 Å². The second kappa shape index (κ2) is 4.13. The van der Waals surface area contributed by atoms with Crippen molar-refractivity contribution >= 4 is 22.6 Å². The summed E-state index contributed by atoms with van der Waals surface area (Å²) in [5.41, 5.74) is 3.53. The maximum atomic E-state index is 3.92. The van der Waals surface area contributed by atoms with Crippen LogP contribution in [0.3, 0.4) is 0 Å². The lowest BCUT2D eigenvalue weighted by molar-refractivity contribution is 1.56. The largest absolute Gasteiger partial charge is 0.0614 e. The molecule has 0 nitrogen and oxygen atoms in total. The molecule has 0 amide bonds. The minimum atomic E-state index is 1.06. The van der Waals surface area contributed by atoms with Crippen molar-refractivity contribution in [3.63, 3.8) is 0 Å². The van der Waals surface area contributed by atoms with Gasteiger partial charge in [-0.2, -0.15) is 0 Å². The number of hydrogen-bond donors (Lipinski definition) is 0. The fourth-order valence-electron chi connectivity index (χ4n) is 1.39. The quantitative estimate of drug-likeness (QED) is 0.693. The molecule has 0 aliphatic carbocycles. The van der Waals surface area contributed by atoms with Gasteiger partial charge in [0.1, 0.15) is 0 Å². The van der Waals surface area contributed by atoms with E-state index in [4.69, 9.17) is 0 Å². The van der Waals surface area contributed by atoms with Gasteiger partial charge in [0, 0.05) is 3.57 Å². The average molecular weight is 293 g/mol. The van der Waals surface area contributed by atoms with E-state index >= 15 is 0 Å². The van der Waals surface area contributed by atoms with Crippen molar-refractivity contribution in [2.75, 3.05) is 0 Å². The predicted octanol–water partition coefficient (Wildman–Crippen LogP) is 4.14. The number of hydrogen-bond acceptors (Lipinski definition) is 0. The zero-order chi connectivity index (χ0) is 9.97. The predicted molar refractivity (Wildman–Crippen MR) is 69.1 cm³/mol. The summed E-state index contributed by atoms with van der Waals surface area (Å²) >= 11 is 2.31. The molecule has 2 aromatic carbocycles. The highest BCUT2D eigenvalue weighted by atomic mass is 127. The molecule has 0 spiro atoms. The van der Waals surface area contributed by atoms with Gasteiger partial charge in [0.2, 0.25) is 0 Å². The Morgan fingerprint density at radius 2 is 1.57 bits per heavy atom. The van der Waals surface area contributed by atoms with Gasteiger partial charge in [-0.15, -0.1) is 0 Å². The Morgan fingerprint density at radius 1 is 0.857 bits per heavy atom. The van der Waals surface area contributed by atoms with Crippen molar-refractivity contribution in [2.45, 2.75) is 0 Å². The lowest BCUT2D eigenvalue weighted by Crippen LogP contribution is -1.79. The molecule has 0 heterocycles. The van der Waals surface area contributed by atoms with E-state index in [1.807, 2.05) is 12.1 Å². The molecule has 0 bridgehead atoms. The molecule has 0 unspecified atom stereocenters. The van der Waals surface area contributed by atoms with Crippen molar-refractivity contribution < 1.29 is 0 Å². The Labute approximate surface area is 98.1 Å². The van der Waals surface area contributed by atoms with Crippen LogP contribution >= 0.6 is 22.6 Å². The van der Waals surface area contributed by atoms with Gasteiger partial charge in [-0.25, -0.2) is 0 Å². The molecule has 2 aromatic rings. The van der Waals surface area contributed by atoms with Crippen LogP contribution in [0, 0.1) is 10.5 Å². The molecule has 1 radical (unpaired) electrons. The van der Waals surface area contributed by atoms with Crippen LogP contribution in [0.1, 0.15) is 5.56 Å². The van der Waals surface area contributed by atoms with Gasteiger partial charge in [-0.1, -0.05) is 36.4 Å². The molecule has 0 aromatic heterocycles. The van der Waals surface area contributed by atoms with Gasteiger partial charge in [0.05, 0.1) is 0 Å². The summed E-state index contributed by atoms with van der Waals surface area (Å²) in [5, 5.41) is 0. The standard InChI is InChI=1S/C13H10I/c1-10-3-2-4-12(9-10)11-5-7-13(14)8-6-11/h2-9H,1H2. The van der Waals surface area contributed by atoms with Gasteiger partial charge in [0.25, 0.3) is 0 Å². The number of rotatable bonds is 1. The van der Waals surface area contributed by atoms with E-state index in [1.54, 1.807) is 0 Å². The van der Waals surface area contributed by atoms with Gasteiger partial charge >= 0.3 is 0 Å². The van der Waals surface area contributed by atoms with Crippen LogP contribution in [0.2, 0.25) is 0 Å². The van der Waals surface area contributed by atoms with Crippen molar-refractivity contribution in [3.8, 4) is 11.1 Å². The first-order valence-electron chi connectivity index (χ1n) is 4.44. The maximum absolute atomic E-state index is 3.92. The molecular weight excluding hydrogens is 283 g/mol. The van der Waals surface area contributed by atoms with Crippen LogP contribution < -0.4 is 0 Å². The van der Waals surface area contributed by atoms with E-state index in [0.29, 0.717) is 0 Å². The molecule has 1 heteroatoms. The lowest BCUT2D eigenvalue weighted by Gasteiger charge is -2.02. The molecule has 0 aliphatic rings. The van der Waals surface area contributed by atoms with Crippen LogP contribution in [-0.2, 0) is 0 Å². The molecular formula is C13H10I. The van der Waals surface area contributed by atoms with Gasteiger partial charge < -0.3 is 0 Å². The van der Waals surface area contributed by atoms with E-state index in [-0.39, 0.29) is 0 Å². The van der Waals surface area contributed by atoms with E-state index in [0.717, 1.165) is 5.56 Å². The Kier molecular flexibility index (Phi) is 2.87. The molecule has 0 atom stereocenters. The molecule has 0 fully saturated rings. The summed E-state index contributed by atoms with van der Waals surface area (Å²) in [6.45, 7) is 3.92. The minimum Gasteiger partial charge on any atom is -0.0614 e. The SMILES string of the molecule is [CH2]c1cccc(-c2ccc(I)cc2)c1. The average Bonchev–Trinajstić information content (AvgIpc) is 2.19. The molecule has 14 heavy (non-hydrogen) atoms. The first-order chi connectivity index (χ1) is 6.75. The van der Waals surface area contributed by atoms with Crippen LogP contribution in [0.4, 0.5) is 0 Å². The number of benzene rings is 2. The minimum absolute atomic E-state index is 1.06. The van der Waals surface area contributed by atoms with Crippen LogP contribution in [0.5, 0.6) is 0 Å². The van der Waals surface area contributed by atoms with Crippen molar-refractivity contribution in [2.24, 2.45) is 0 Å². The second-order valence-electron chi connectivity index (χ2n) is 3.21. The molecule has 69 valence electrons.